The van der Waals surface area contributed by atoms with Crippen molar-refractivity contribution in [3.8, 4) is 0 Å². The number of aliphatic imine (C=N–C) groups is 1. The van der Waals surface area contributed by atoms with Crippen molar-refractivity contribution in [2.45, 2.75) is 31.6 Å². The molecule has 0 amide bonds. The normalized spacial score (nSPS) is 11.5. The van der Waals surface area contributed by atoms with Gasteiger partial charge in [0.2, 0.25) is 0 Å². The minimum Gasteiger partial charge on any atom is -0.357 e. The summed E-state index contributed by atoms with van der Waals surface area (Å²) in [6.07, 6.45) is 3.94. The number of rotatable bonds is 9. The number of guanidine groups is 1. The average molecular weight is 363 g/mol. The SMILES string of the molecule is CCNC(=NCCCSc1ccccc1)NCCc1ncc(C)s1. The standard InChI is InChI=1S/C18H26N4S2/c1-3-19-18(21-12-10-17-22-14-15(2)24-17)20-11-7-13-23-16-8-5-4-6-9-16/h4-6,8-9,14H,3,7,10-13H2,1-2H3,(H2,19,20,21). The Morgan fingerprint density at radius 2 is 2.08 bits per heavy atom. The van der Waals surface area contributed by atoms with Crippen LogP contribution in [0.5, 0.6) is 0 Å². The van der Waals surface area contributed by atoms with Crippen LogP contribution in [0.25, 0.3) is 0 Å². The number of thioether (sulfide) groups is 1. The smallest absolute Gasteiger partial charge is 0.191 e. The lowest BCUT2D eigenvalue weighted by molar-refractivity contribution is 0.792. The van der Waals surface area contributed by atoms with E-state index in [1.165, 1.54) is 14.8 Å². The van der Waals surface area contributed by atoms with Gasteiger partial charge in [-0.2, -0.15) is 0 Å². The molecule has 0 aliphatic carbocycles. The molecule has 0 saturated carbocycles. The van der Waals surface area contributed by atoms with E-state index in [4.69, 9.17) is 0 Å². The Balaban J connectivity index is 1.66. The molecule has 0 aliphatic heterocycles. The van der Waals surface area contributed by atoms with Crippen LogP contribution in [0.2, 0.25) is 0 Å². The van der Waals surface area contributed by atoms with E-state index in [1.54, 1.807) is 11.3 Å². The maximum absolute atomic E-state index is 4.65. The maximum Gasteiger partial charge on any atom is 0.191 e. The number of hydrogen-bond acceptors (Lipinski definition) is 4. The second-order valence-corrected chi connectivity index (χ2v) is 7.80. The highest BCUT2D eigenvalue weighted by Crippen LogP contribution is 2.17. The second kappa shape index (κ2) is 11.1. The molecule has 0 bridgehead atoms. The van der Waals surface area contributed by atoms with Gasteiger partial charge in [-0.05, 0) is 38.2 Å². The van der Waals surface area contributed by atoms with E-state index in [0.29, 0.717) is 0 Å². The van der Waals surface area contributed by atoms with E-state index in [1.807, 2.05) is 18.0 Å². The third-order valence-corrected chi connectivity index (χ3v) is 5.30. The number of nitrogens with one attached hydrogen (secondary N) is 2. The van der Waals surface area contributed by atoms with E-state index in [-0.39, 0.29) is 0 Å². The highest BCUT2D eigenvalue weighted by Gasteiger charge is 2.01. The van der Waals surface area contributed by atoms with Gasteiger partial charge in [-0.15, -0.1) is 23.1 Å². The van der Waals surface area contributed by atoms with Crippen molar-refractivity contribution in [2.24, 2.45) is 4.99 Å². The zero-order valence-electron chi connectivity index (χ0n) is 14.4. The van der Waals surface area contributed by atoms with Crippen molar-refractivity contribution in [3.63, 3.8) is 0 Å². The molecule has 0 spiro atoms. The first-order valence-electron chi connectivity index (χ1n) is 8.39. The van der Waals surface area contributed by atoms with Crippen LogP contribution in [0.4, 0.5) is 0 Å². The molecule has 0 aliphatic rings. The van der Waals surface area contributed by atoms with Crippen LogP contribution in [-0.2, 0) is 6.42 Å². The molecule has 2 rings (SSSR count). The molecule has 2 N–H and O–H groups in total. The van der Waals surface area contributed by atoms with E-state index in [0.717, 1.165) is 44.2 Å². The van der Waals surface area contributed by atoms with Gasteiger partial charge in [0.1, 0.15) is 0 Å². The first-order chi connectivity index (χ1) is 11.8. The Morgan fingerprint density at radius 1 is 1.25 bits per heavy atom. The van der Waals surface area contributed by atoms with Gasteiger partial charge in [-0.25, -0.2) is 4.98 Å². The molecule has 1 aromatic carbocycles. The number of benzene rings is 1. The van der Waals surface area contributed by atoms with Crippen molar-refractivity contribution < 1.29 is 0 Å². The van der Waals surface area contributed by atoms with Crippen molar-refractivity contribution in [1.82, 2.24) is 15.6 Å². The maximum atomic E-state index is 4.65. The third kappa shape index (κ3) is 7.36. The lowest BCUT2D eigenvalue weighted by atomic mass is 10.4. The number of thiazole rings is 1. The zero-order chi connectivity index (χ0) is 17.0. The van der Waals surface area contributed by atoms with Gasteiger partial charge in [0.25, 0.3) is 0 Å². The number of aromatic nitrogens is 1. The molecule has 0 atom stereocenters. The topological polar surface area (TPSA) is 49.3 Å². The van der Waals surface area contributed by atoms with Crippen LogP contribution in [0, 0.1) is 6.92 Å². The molecule has 0 saturated heterocycles. The first-order valence-corrected chi connectivity index (χ1v) is 10.2. The Hall–Kier alpha value is -1.53. The summed E-state index contributed by atoms with van der Waals surface area (Å²) in [5.74, 6) is 1.99. The fraction of sp³-hybridized carbons (Fsp3) is 0.444. The molecule has 2 aromatic rings. The summed E-state index contributed by atoms with van der Waals surface area (Å²) in [6, 6.07) is 10.5. The van der Waals surface area contributed by atoms with Crippen molar-refractivity contribution in [3.05, 3.63) is 46.4 Å². The van der Waals surface area contributed by atoms with E-state index in [9.17, 15) is 0 Å². The highest BCUT2D eigenvalue weighted by atomic mass is 32.2. The Morgan fingerprint density at radius 3 is 2.79 bits per heavy atom. The predicted molar refractivity (Wildman–Crippen MR) is 106 cm³/mol. The Labute approximate surface area is 153 Å². The summed E-state index contributed by atoms with van der Waals surface area (Å²) < 4.78 is 0. The van der Waals surface area contributed by atoms with Crippen LogP contribution in [0.15, 0.2) is 46.4 Å². The fourth-order valence-corrected chi connectivity index (χ4v) is 3.75. The first kappa shape index (κ1) is 18.8. The van der Waals surface area contributed by atoms with E-state index >= 15 is 0 Å². The second-order valence-electron chi connectivity index (χ2n) is 5.32. The number of hydrogen-bond donors (Lipinski definition) is 2. The Bertz CT molecular complexity index is 610. The summed E-state index contributed by atoms with van der Waals surface area (Å²) in [6.45, 7) is 6.75. The van der Waals surface area contributed by atoms with E-state index in [2.05, 4.69) is 64.8 Å². The van der Waals surface area contributed by atoms with E-state index < -0.39 is 0 Å². The van der Waals surface area contributed by atoms with Crippen LogP contribution >= 0.6 is 23.1 Å². The monoisotopic (exact) mass is 362 g/mol. The predicted octanol–water partition coefficient (Wildman–Crippen LogP) is 3.73. The molecule has 24 heavy (non-hydrogen) atoms. The molecule has 1 aromatic heterocycles. The summed E-state index contributed by atoms with van der Waals surface area (Å²) in [7, 11) is 0. The third-order valence-electron chi connectivity index (χ3n) is 3.23. The van der Waals surface area contributed by atoms with Crippen LogP contribution < -0.4 is 10.6 Å². The van der Waals surface area contributed by atoms with Crippen LogP contribution in [0.3, 0.4) is 0 Å². The average Bonchev–Trinajstić information content (AvgIpc) is 3.01. The van der Waals surface area contributed by atoms with Crippen molar-refractivity contribution in [1.29, 1.82) is 0 Å². The molecular weight excluding hydrogens is 336 g/mol. The summed E-state index contributed by atoms with van der Waals surface area (Å²) in [4.78, 5) is 11.6. The molecular formula is C18H26N4S2. The summed E-state index contributed by atoms with van der Waals surface area (Å²) >= 11 is 3.65. The quantitative estimate of drug-likeness (QED) is 0.309. The summed E-state index contributed by atoms with van der Waals surface area (Å²) in [5, 5.41) is 7.86. The highest BCUT2D eigenvalue weighted by molar-refractivity contribution is 7.99. The Kier molecular flexibility index (Phi) is 8.70. The van der Waals surface area contributed by atoms with Gasteiger partial charge < -0.3 is 10.6 Å². The molecule has 130 valence electrons. The van der Waals surface area contributed by atoms with Gasteiger partial charge in [0.15, 0.2) is 5.96 Å². The number of nitrogens with zero attached hydrogens (tertiary/aromatic N) is 2. The number of aryl methyl sites for hydroxylation is 1. The molecule has 6 heteroatoms. The van der Waals surface area contributed by atoms with Crippen LogP contribution in [0.1, 0.15) is 23.2 Å². The van der Waals surface area contributed by atoms with Gasteiger partial charge in [-0.3, -0.25) is 4.99 Å². The van der Waals surface area contributed by atoms with Gasteiger partial charge in [0.05, 0.1) is 5.01 Å². The molecule has 1 heterocycles. The molecule has 4 nitrogen and oxygen atoms in total. The molecule has 0 unspecified atom stereocenters. The largest absolute Gasteiger partial charge is 0.357 e. The van der Waals surface area contributed by atoms with Gasteiger partial charge in [-0.1, -0.05) is 18.2 Å². The fourth-order valence-electron chi connectivity index (χ4n) is 2.11. The molecule has 0 radical (unpaired) electrons. The minimum absolute atomic E-state index is 0.839. The molecule has 0 fully saturated rings. The van der Waals surface area contributed by atoms with Crippen molar-refractivity contribution >= 4 is 29.1 Å². The van der Waals surface area contributed by atoms with Crippen LogP contribution in [-0.4, -0.2) is 36.3 Å². The lowest BCUT2D eigenvalue weighted by Gasteiger charge is -2.10. The van der Waals surface area contributed by atoms with Gasteiger partial charge >= 0.3 is 0 Å². The minimum atomic E-state index is 0.839. The lowest BCUT2D eigenvalue weighted by Crippen LogP contribution is -2.38. The zero-order valence-corrected chi connectivity index (χ0v) is 16.1. The van der Waals surface area contributed by atoms with Gasteiger partial charge in [0, 0.05) is 42.0 Å². The summed E-state index contributed by atoms with van der Waals surface area (Å²) in [5.41, 5.74) is 0. The van der Waals surface area contributed by atoms with Crippen molar-refractivity contribution in [2.75, 3.05) is 25.4 Å².